The molecule has 1 N–H and O–H groups in total. The number of carbonyl (C=O) groups is 1. The summed E-state index contributed by atoms with van der Waals surface area (Å²) in [4.78, 5) is 24.5. The molecule has 212 valence electrons. The number of aromatic nitrogens is 2. The van der Waals surface area contributed by atoms with Gasteiger partial charge in [-0.2, -0.15) is 13.2 Å². The largest absolute Gasteiger partial charge is 0.463 e. The third-order valence-corrected chi connectivity index (χ3v) is 8.44. The Kier molecular flexibility index (Phi) is 8.09. The zero-order valence-electron chi connectivity index (χ0n) is 21.8. The zero-order valence-corrected chi connectivity index (χ0v) is 21.8. The Hall–Kier alpha value is -2.79. The van der Waals surface area contributed by atoms with Crippen LogP contribution in [0.4, 0.5) is 17.6 Å². The summed E-state index contributed by atoms with van der Waals surface area (Å²) in [7, 11) is 0. The van der Waals surface area contributed by atoms with Gasteiger partial charge >= 0.3 is 12.2 Å². The smallest absolute Gasteiger partial charge is 0.395 e. The number of aliphatic hydroxyl groups is 1. The fraction of sp³-hybridized carbons (Fsp3) is 0.607. The van der Waals surface area contributed by atoms with Gasteiger partial charge in [0.15, 0.2) is 0 Å². The lowest BCUT2D eigenvalue weighted by atomic mass is 9.67. The molecule has 7 nitrogen and oxygen atoms in total. The molecular weight excluding hydrogens is 516 g/mol. The molecule has 1 saturated carbocycles. The van der Waals surface area contributed by atoms with Crippen molar-refractivity contribution in [2.75, 3.05) is 39.3 Å². The van der Waals surface area contributed by atoms with Gasteiger partial charge in [0.2, 0.25) is 0 Å². The third kappa shape index (κ3) is 6.19. The predicted molar refractivity (Wildman–Crippen MR) is 136 cm³/mol. The highest BCUT2D eigenvalue weighted by Crippen LogP contribution is 2.53. The summed E-state index contributed by atoms with van der Waals surface area (Å²) < 4.78 is 61.0. The molecule has 0 radical (unpaired) electrons. The zero-order chi connectivity index (χ0) is 27.6. The number of benzene rings is 1. The minimum Gasteiger partial charge on any atom is -0.463 e. The molecule has 2 aromatic rings. The lowest BCUT2D eigenvalue weighted by Crippen LogP contribution is -2.53. The maximum atomic E-state index is 14.8. The van der Waals surface area contributed by atoms with Crippen molar-refractivity contribution in [1.82, 2.24) is 19.8 Å². The number of β-amino-alcohol motifs (C(OH)–C–C–N with tert-alkyl or cyclic N) is 1. The van der Waals surface area contributed by atoms with E-state index in [0.717, 1.165) is 12.8 Å². The minimum absolute atomic E-state index is 0.0407. The number of amides is 1. The van der Waals surface area contributed by atoms with Gasteiger partial charge in [-0.15, -0.1) is 0 Å². The van der Waals surface area contributed by atoms with Gasteiger partial charge in [-0.05, 0) is 75.2 Å². The van der Waals surface area contributed by atoms with Gasteiger partial charge in [0.1, 0.15) is 5.82 Å². The fourth-order valence-corrected chi connectivity index (χ4v) is 5.78. The van der Waals surface area contributed by atoms with Crippen LogP contribution < -0.4 is 4.74 Å². The van der Waals surface area contributed by atoms with E-state index < -0.39 is 29.4 Å². The second-order valence-electron chi connectivity index (χ2n) is 11.2. The fourth-order valence-electron chi connectivity index (χ4n) is 5.78. The molecule has 2 aliphatic heterocycles. The summed E-state index contributed by atoms with van der Waals surface area (Å²) >= 11 is 0. The van der Waals surface area contributed by atoms with Crippen LogP contribution in [0.5, 0.6) is 6.01 Å². The molecule has 1 amide bonds. The normalized spacial score (nSPS) is 22.4. The van der Waals surface area contributed by atoms with Crippen molar-refractivity contribution >= 4 is 5.91 Å². The van der Waals surface area contributed by atoms with Crippen LogP contribution in [-0.4, -0.2) is 82.4 Å². The number of likely N-dealkylation sites (tertiary alicyclic amines) is 2. The Morgan fingerprint density at radius 2 is 1.77 bits per heavy atom. The monoisotopic (exact) mass is 550 g/mol. The van der Waals surface area contributed by atoms with Crippen molar-refractivity contribution in [1.29, 1.82) is 0 Å². The number of carbonyl (C=O) groups excluding carboxylic acids is 1. The first kappa shape index (κ1) is 27.8. The van der Waals surface area contributed by atoms with E-state index in [2.05, 4.69) is 9.97 Å². The van der Waals surface area contributed by atoms with Gasteiger partial charge in [-0.1, -0.05) is 12.5 Å². The molecule has 1 atom stereocenters. The second-order valence-corrected chi connectivity index (χ2v) is 11.2. The summed E-state index contributed by atoms with van der Waals surface area (Å²) in [6, 6.07) is 4.53. The Balaban J connectivity index is 1.11. The van der Waals surface area contributed by atoms with E-state index in [1.807, 2.05) is 4.90 Å². The lowest BCUT2D eigenvalue weighted by Gasteiger charge is -2.47. The average molecular weight is 551 g/mol. The maximum absolute atomic E-state index is 14.8. The van der Waals surface area contributed by atoms with Crippen molar-refractivity contribution in [2.45, 2.75) is 57.2 Å². The number of alkyl halides is 3. The number of nitrogens with zero attached hydrogens (tertiary/aromatic N) is 4. The number of hydrogen-bond acceptors (Lipinski definition) is 6. The van der Waals surface area contributed by atoms with Gasteiger partial charge < -0.3 is 19.6 Å². The minimum atomic E-state index is -4.14. The van der Waals surface area contributed by atoms with E-state index in [9.17, 15) is 27.5 Å². The highest BCUT2D eigenvalue weighted by atomic mass is 19.4. The first-order valence-electron chi connectivity index (χ1n) is 13.6. The molecule has 0 bridgehead atoms. The lowest BCUT2D eigenvalue weighted by molar-refractivity contribution is -0.256. The first-order chi connectivity index (χ1) is 18.6. The molecule has 3 heterocycles. The van der Waals surface area contributed by atoms with Crippen LogP contribution in [0.3, 0.4) is 0 Å². The van der Waals surface area contributed by atoms with Gasteiger partial charge in [0.25, 0.3) is 5.91 Å². The average Bonchev–Trinajstić information content (AvgIpc) is 2.89. The van der Waals surface area contributed by atoms with Crippen LogP contribution in [0.1, 0.15) is 55.3 Å². The molecule has 11 heteroatoms. The summed E-state index contributed by atoms with van der Waals surface area (Å²) in [5.74, 6) is -0.873. The van der Waals surface area contributed by atoms with Crippen LogP contribution in [-0.2, 0) is 0 Å². The van der Waals surface area contributed by atoms with E-state index in [0.29, 0.717) is 56.6 Å². The van der Waals surface area contributed by atoms with E-state index in [4.69, 9.17) is 4.74 Å². The summed E-state index contributed by atoms with van der Waals surface area (Å²) in [5, 5.41) is 9.81. The van der Waals surface area contributed by atoms with Gasteiger partial charge in [-0.3, -0.25) is 4.79 Å². The molecule has 5 rings (SSSR count). The van der Waals surface area contributed by atoms with E-state index in [1.54, 1.807) is 6.07 Å². The molecule has 3 aliphatic rings. The maximum Gasteiger partial charge on any atom is 0.395 e. The number of halogens is 4. The topological polar surface area (TPSA) is 78.8 Å². The molecular formula is C28H34F4N4O3. The van der Waals surface area contributed by atoms with Crippen LogP contribution in [0.15, 0.2) is 30.6 Å². The molecule has 1 aromatic carbocycles. The van der Waals surface area contributed by atoms with Gasteiger partial charge in [0, 0.05) is 37.6 Å². The summed E-state index contributed by atoms with van der Waals surface area (Å²) in [6.45, 7) is 2.40. The Morgan fingerprint density at radius 3 is 2.36 bits per heavy atom. The summed E-state index contributed by atoms with van der Waals surface area (Å²) in [6.07, 6.45) is 2.25. The van der Waals surface area contributed by atoms with E-state index >= 15 is 0 Å². The van der Waals surface area contributed by atoms with E-state index in [1.165, 1.54) is 29.4 Å². The van der Waals surface area contributed by atoms with Crippen LogP contribution in [0.25, 0.3) is 11.1 Å². The molecule has 1 aromatic heterocycles. The molecule has 3 fully saturated rings. The van der Waals surface area contributed by atoms with Crippen LogP contribution >= 0.6 is 0 Å². The Bertz CT molecular complexity index is 1150. The highest BCUT2D eigenvalue weighted by Gasteiger charge is 2.58. The first-order valence-corrected chi connectivity index (χ1v) is 13.6. The van der Waals surface area contributed by atoms with Crippen molar-refractivity contribution in [3.63, 3.8) is 0 Å². The molecule has 0 unspecified atom stereocenters. The highest BCUT2D eigenvalue weighted by molar-refractivity contribution is 5.95. The molecule has 2 saturated heterocycles. The van der Waals surface area contributed by atoms with Crippen molar-refractivity contribution in [2.24, 2.45) is 11.3 Å². The van der Waals surface area contributed by atoms with Crippen LogP contribution in [0, 0.1) is 17.2 Å². The van der Waals surface area contributed by atoms with Gasteiger partial charge in [-0.25, -0.2) is 14.4 Å². The number of ether oxygens (including phenoxy) is 1. The Labute approximate surface area is 225 Å². The van der Waals surface area contributed by atoms with Crippen molar-refractivity contribution in [3.8, 4) is 17.1 Å². The number of rotatable bonds is 7. The number of hydrogen-bond donors (Lipinski definition) is 1. The number of piperidine rings is 2. The molecule has 0 spiro atoms. The summed E-state index contributed by atoms with van der Waals surface area (Å²) in [5.41, 5.74) is -0.482. The SMILES string of the molecule is O=C(c1ccc(-c2cnc(OCC3CCN(CC4(C(F)(F)F)CCC4)CC3)nc2)cc1F)N1CCC[C@@H](O)C1. The standard InChI is InChI=1S/C28H34F4N4O3/c29-24-13-20(4-5-23(24)25(38)36-10-1-3-22(37)16-36)21-14-33-26(34-15-21)39-17-19-6-11-35(12-7-19)18-27(8-2-9-27)28(30,31)32/h4-5,13-15,19,22,37H,1-3,6-12,16-18H2/t22-/m1/s1. The van der Waals surface area contributed by atoms with E-state index in [-0.39, 0.29) is 43.4 Å². The van der Waals surface area contributed by atoms with Crippen molar-refractivity contribution < 1.29 is 32.2 Å². The molecule has 39 heavy (non-hydrogen) atoms. The third-order valence-electron chi connectivity index (χ3n) is 8.44. The quantitative estimate of drug-likeness (QED) is 0.504. The Morgan fingerprint density at radius 1 is 1.05 bits per heavy atom. The predicted octanol–water partition coefficient (Wildman–Crippen LogP) is 4.70. The number of aliphatic hydroxyl groups excluding tert-OH is 1. The second kappa shape index (κ2) is 11.4. The van der Waals surface area contributed by atoms with Gasteiger partial charge in [0.05, 0.1) is 23.7 Å². The molecule has 1 aliphatic carbocycles. The van der Waals surface area contributed by atoms with Crippen molar-refractivity contribution in [3.05, 3.63) is 42.0 Å². The van der Waals surface area contributed by atoms with Crippen LogP contribution in [0.2, 0.25) is 0 Å².